The van der Waals surface area contributed by atoms with E-state index < -0.39 is 0 Å². The van der Waals surface area contributed by atoms with Gasteiger partial charge in [0.2, 0.25) is 0 Å². The highest BCUT2D eigenvalue weighted by molar-refractivity contribution is 5.60. The number of aryl methyl sites for hydroxylation is 1. The molecular weight excluding hydrogens is 266 g/mol. The Morgan fingerprint density at radius 2 is 1.90 bits per heavy atom. The number of anilines is 1. The maximum absolute atomic E-state index is 12.2. The summed E-state index contributed by atoms with van der Waals surface area (Å²) in [6.45, 7) is 3.62. The van der Waals surface area contributed by atoms with Gasteiger partial charge in [0.25, 0.3) is 5.56 Å². The van der Waals surface area contributed by atoms with Gasteiger partial charge in [0.05, 0.1) is 5.56 Å². The number of aromatic nitrogens is 2. The van der Waals surface area contributed by atoms with Gasteiger partial charge in [-0.25, -0.2) is 4.79 Å². The van der Waals surface area contributed by atoms with Crippen molar-refractivity contribution in [2.45, 2.75) is 19.4 Å². The number of rotatable bonds is 2. The zero-order chi connectivity index (χ0) is 15.1. The van der Waals surface area contributed by atoms with E-state index in [1.165, 1.54) is 27.4 Å². The molecule has 0 fully saturated rings. The molecule has 5 nitrogen and oxygen atoms in total. The lowest BCUT2D eigenvalue weighted by Crippen LogP contribution is -2.40. The molecule has 21 heavy (non-hydrogen) atoms. The Morgan fingerprint density at radius 3 is 2.67 bits per heavy atom. The second kappa shape index (κ2) is 4.91. The first-order chi connectivity index (χ1) is 9.99. The topological polar surface area (TPSA) is 47.2 Å². The molecule has 0 aliphatic carbocycles. The van der Waals surface area contributed by atoms with E-state index in [0.29, 0.717) is 18.0 Å². The summed E-state index contributed by atoms with van der Waals surface area (Å²) in [6.07, 6.45) is 1.65. The standard InChI is InChI=1S/C16H19N3O2/c1-11-8-19(14-7-5-4-6-13(11)14)10-12-9-17(2)16(21)18(3)15(12)20/h4-7,9,11H,8,10H2,1-3H3/t11-/m1/s1. The largest absolute Gasteiger partial charge is 0.366 e. The molecular formula is C16H19N3O2. The van der Waals surface area contributed by atoms with Crippen LogP contribution < -0.4 is 16.1 Å². The molecule has 0 unspecified atom stereocenters. The smallest absolute Gasteiger partial charge is 0.330 e. The van der Waals surface area contributed by atoms with Gasteiger partial charge in [-0.15, -0.1) is 0 Å². The van der Waals surface area contributed by atoms with Crippen LogP contribution in [0.4, 0.5) is 5.69 Å². The molecule has 0 spiro atoms. The van der Waals surface area contributed by atoms with Crippen molar-refractivity contribution in [1.29, 1.82) is 0 Å². The first kappa shape index (κ1) is 13.7. The van der Waals surface area contributed by atoms with E-state index in [9.17, 15) is 9.59 Å². The Balaban J connectivity index is 2.00. The van der Waals surface area contributed by atoms with Gasteiger partial charge >= 0.3 is 5.69 Å². The lowest BCUT2D eigenvalue weighted by Gasteiger charge is -2.20. The Hall–Kier alpha value is -2.30. The second-order valence-electron chi connectivity index (χ2n) is 5.75. The summed E-state index contributed by atoms with van der Waals surface area (Å²) >= 11 is 0. The van der Waals surface area contributed by atoms with Crippen LogP contribution in [-0.4, -0.2) is 15.7 Å². The third-order valence-electron chi connectivity index (χ3n) is 4.18. The predicted octanol–water partition coefficient (Wildman–Crippen LogP) is 1.21. The van der Waals surface area contributed by atoms with Crippen molar-refractivity contribution in [3.8, 4) is 0 Å². The molecule has 5 heteroatoms. The second-order valence-corrected chi connectivity index (χ2v) is 5.75. The maximum Gasteiger partial charge on any atom is 0.330 e. The Morgan fingerprint density at radius 1 is 1.19 bits per heavy atom. The molecule has 1 atom stereocenters. The van der Waals surface area contributed by atoms with Crippen molar-refractivity contribution in [1.82, 2.24) is 9.13 Å². The molecule has 0 N–H and O–H groups in total. The van der Waals surface area contributed by atoms with Gasteiger partial charge in [-0.1, -0.05) is 25.1 Å². The minimum Gasteiger partial charge on any atom is -0.366 e. The first-order valence-electron chi connectivity index (χ1n) is 7.08. The summed E-state index contributed by atoms with van der Waals surface area (Å²) in [4.78, 5) is 26.2. The number of hydrogen-bond donors (Lipinski definition) is 0. The van der Waals surface area contributed by atoms with Crippen LogP contribution in [0.3, 0.4) is 0 Å². The number of nitrogens with zero attached hydrogens (tertiary/aromatic N) is 3. The van der Waals surface area contributed by atoms with Crippen molar-refractivity contribution < 1.29 is 0 Å². The average molecular weight is 285 g/mol. The monoisotopic (exact) mass is 285 g/mol. The summed E-state index contributed by atoms with van der Waals surface area (Å²) in [7, 11) is 3.19. The van der Waals surface area contributed by atoms with Gasteiger partial charge in [-0.3, -0.25) is 9.36 Å². The Labute approximate surface area is 123 Å². The molecule has 0 amide bonds. The number of hydrogen-bond acceptors (Lipinski definition) is 3. The van der Waals surface area contributed by atoms with Crippen molar-refractivity contribution in [2.24, 2.45) is 14.1 Å². The fraction of sp³-hybridized carbons (Fsp3) is 0.375. The minimum atomic E-state index is -0.293. The van der Waals surface area contributed by atoms with Crippen molar-refractivity contribution in [3.63, 3.8) is 0 Å². The normalized spacial score (nSPS) is 17.1. The fourth-order valence-corrected chi connectivity index (χ4v) is 3.07. The Bertz CT molecular complexity index is 804. The van der Waals surface area contributed by atoms with E-state index in [4.69, 9.17) is 0 Å². The molecule has 3 rings (SSSR count). The molecule has 2 heterocycles. The van der Waals surface area contributed by atoms with Gasteiger partial charge in [-0.05, 0) is 11.6 Å². The van der Waals surface area contributed by atoms with Gasteiger partial charge in [0, 0.05) is 45.0 Å². The zero-order valence-electron chi connectivity index (χ0n) is 12.5. The van der Waals surface area contributed by atoms with Gasteiger partial charge in [0.15, 0.2) is 0 Å². The summed E-state index contributed by atoms with van der Waals surface area (Å²) in [5.74, 6) is 0.456. The predicted molar refractivity (Wildman–Crippen MR) is 82.8 cm³/mol. The molecule has 1 aromatic heterocycles. The van der Waals surface area contributed by atoms with E-state index in [2.05, 4.69) is 24.0 Å². The zero-order valence-corrected chi connectivity index (χ0v) is 12.5. The molecule has 2 aromatic rings. The highest BCUT2D eigenvalue weighted by atomic mass is 16.2. The van der Waals surface area contributed by atoms with E-state index >= 15 is 0 Å². The molecule has 0 bridgehead atoms. The van der Waals surface area contributed by atoms with Crippen molar-refractivity contribution >= 4 is 5.69 Å². The van der Waals surface area contributed by atoms with Crippen molar-refractivity contribution in [3.05, 3.63) is 62.4 Å². The fourth-order valence-electron chi connectivity index (χ4n) is 3.07. The van der Waals surface area contributed by atoms with Crippen LogP contribution in [-0.2, 0) is 20.6 Å². The van der Waals surface area contributed by atoms with Crippen LogP contribution in [0.2, 0.25) is 0 Å². The van der Waals surface area contributed by atoms with E-state index in [1.807, 2.05) is 12.1 Å². The molecule has 0 radical (unpaired) electrons. The molecule has 1 aliphatic rings. The summed E-state index contributed by atoms with van der Waals surface area (Å²) in [5.41, 5.74) is 2.64. The average Bonchev–Trinajstić information content (AvgIpc) is 2.79. The van der Waals surface area contributed by atoms with Crippen LogP contribution in [0.25, 0.3) is 0 Å². The summed E-state index contributed by atoms with van der Waals surface area (Å²) in [5, 5.41) is 0. The number of para-hydroxylation sites is 1. The number of fused-ring (bicyclic) bond motifs is 1. The van der Waals surface area contributed by atoms with Crippen LogP contribution >= 0.6 is 0 Å². The first-order valence-corrected chi connectivity index (χ1v) is 7.08. The highest BCUT2D eigenvalue weighted by Crippen LogP contribution is 2.36. The minimum absolute atomic E-state index is 0.213. The highest BCUT2D eigenvalue weighted by Gasteiger charge is 2.25. The van der Waals surface area contributed by atoms with Crippen LogP contribution in [0.15, 0.2) is 40.1 Å². The molecule has 1 aliphatic heterocycles. The molecule has 0 saturated carbocycles. The third-order valence-corrected chi connectivity index (χ3v) is 4.18. The molecule has 1 aromatic carbocycles. The van der Waals surface area contributed by atoms with Gasteiger partial charge in [-0.2, -0.15) is 0 Å². The van der Waals surface area contributed by atoms with E-state index in [0.717, 1.165) is 6.54 Å². The quantitative estimate of drug-likeness (QED) is 0.833. The van der Waals surface area contributed by atoms with Gasteiger partial charge in [0.1, 0.15) is 0 Å². The van der Waals surface area contributed by atoms with Crippen molar-refractivity contribution in [2.75, 3.05) is 11.4 Å². The Kier molecular flexibility index (Phi) is 3.20. The molecule has 110 valence electrons. The molecule has 0 saturated heterocycles. The van der Waals surface area contributed by atoms with Crippen LogP contribution in [0, 0.1) is 0 Å². The SMILES string of the molecule is C[C@@H]1CN(Cc2cn(C)c(=O)n(C)c2=O)c2ccccc21. The summed E-state index contributed by atoms with van der Waals surface area (Å²) < 4.78 is 2.63. The maximum atomic E-state index is 12.2. The number of benzene rings is 1. The lowest BCUT2D eigenvalue weighted by atomic mass is 10.0. The lowest BCUT2D eigenvalue weighted by molar-refractivity contribution is 0.656. The van der Waals surface area contributed by atoms with E-state index in [-0.39, 0.29) is 11.2 Å². The van der Waals surface area contributed by atoms with Gasteiger partial charge < -0.3 is 9.47 Å². The van der Waals surface area contributed by atoms with Crippen LogP contribution in [0.5, 0.6) is 0 Å². The van der Waals surface area contributed by atoms with E-state index in [1.54, 1.807) is 13.2 Å². The summed E-state index contributed by atoms with van der Waals surface area (Å²) in [6, 6.07) is 8.29. The van der Waals surface area contributed by atoms with Crippen LogP contribution in [0.1, 0.15) is 24.0 Å². The third kappa shape index (κ3) is 2.18.